The minimum atomic E-state index is -0.300. The second-order valence-electron chi connectivity index (χ2n) is 3.48. The highest BCUT2D eigenvalue weighted by atomic mass is 32.1. The van der Waals surface area contributed by atoms with Gasteiger partial charge < -0.3 is 10.1 Å². The van der Waals surface area contributed by atoms with Gasteiger partial charge in [0.15, 0.2) is 0 Å². The van der Waals surface area contributed by atoms with Crippen LogP contribution in [-0.2, 0) is 12.8 Å². The van der Waals surface area contributed by atoms with E-state index in [2.05, 4.69) is 37.0 Å². The molecule has 1 amide bonds. The van der Waals surface area contributed by atoms with E-state index in [0.29, 0.717) is 6.54 Å². The molecule has 1 N–H and O–H groups in total. The number of rotatable bonds is 5. The minimum absolute atomic E-state index is 0.300. The summed E-state index contributed by atoms with van der Waals surface area (Å²) >= 11 is 3.65. The average molecular weight is 239 g/mol. The van der Waals surface area contributed by atoms with Crippen LogP contribution in [0.2, 0.25) is 0 Å². The molecular formula is C12H17NO2S. The van der Waals surface area contributed by atoms with Crippen LogP contribution in [0.3, 0.4) is 0 Å². The molecule has 4 heteroatoms. The minimum Gasteiger partial charge on any atom is -0.496 e. The van der Waals surface area contributed by atoms with E-state index in [4.69, 9.17) is 4.74 Å². The maximum Gasteiger partial charge on any atom is 0.275 e. The number of aryl methyl sites for hydroxylation is 1. The Morgan fingerprint density at radius 1 is 1.50 bits per heavy atom. The molecule has 0 radical (unpaired) electrons. The Hall–Kier alpha value is -1.16. The number of nitrogens with one attached hydrogen (secondary N) is 1. The molecule has 0 bridgehead atoms. The Kier molecular flexibility index (Phi) is 5.19. The van der Waals surface area contributed by atoms with Gasteiger partial charge in [-0.25, -0.2) is 0 Å². The van der Waals surface area contributed by atoms with Crippen molar-refractivity contribution >= 4 is 17.9 Å². The highest BCUT2D eigenvalue weighted by molar-refractivity contribution is 7.96. The van der Waals surface area contributed by atoms with Crippen molar-refractivity contribution in [3.05, 3.63) is 29.3 Å². The van der Waals surface area contributed by atoms with E-state index in [0.717, 1.165) is 24.2 Å². The molecule has 3 nitrogen and oxygen atoms in total. The van der Waals surface area contributed by atoms with Crippen LogP contribution in [0.15, 0.2) is 18.2 Å². The SMILES string of the molecule is CCc1ccc(OC)c(CCNC(=O)S)c1. The van der Waals surface area contributed by atoms with Crippen molar-refractivity contribution in [3.8, 4) is 5.75 Å². The summed E-state index contributed by atoms with van der Waals surface area (Å²) in [4.78, 5) is 10.6. The first-order chi connectivity index (χ1) is 7.67. The first-order valence-corrected chi connectivity index (χ1v) is 5.74. The van der Waals surface area contributed by atoms with E-state index < -0.39 is 0 Å². The Morgan fingerprint density at radius 3 is 2.81 bits per heavy atom. The zero-order valence-corrected chi connectivity index (χ0v) is 10.5. The van der Waals surface area contributed by atoms with Gasteiger partial charge in [0.25, 0.3) is 5.24 Å². The Labute approximate surface area is 102 Å². The van der Waals surface area contributed by atoms with Crippen molar-refractivity contribution < 1.29 is 9.53 Å². The van der Waals surface area contributed by atoms with Crippen molar-refractivity contribution in [2.75, 3.05) is 13.7 Å². The number of ether oxygens (including phenoxy) is 1. The van der Waals surface area contributed by atoms with Crippen LogP contribution in [0.25, 0.3) is 0 Å². The summed E-state index contributed by atoms with van der Waals surface area (Å²) in [6.45, 7) is 2.69. The normalized spacial score (nSPS) is 9.94. The summed E-state index contributed by atoms with van der Waals surface area (Å²) in [5, 5.41) is 2.35. The monoisotopic (exact) mass is 239 g/mol. The van der Waals surface area contributed by atoms with Crippen molar-refractivity contribution in [2.45, 2.75) is 19.8 Å². The van der Waals surface area contributed by atoms with Crippen LogP contribution in [0.1, 0.15) is 18.1 Å². The topological polar surface area (TPSA) is 38.3 Å². The van der Waals surface area contributed by atoms with Crippen LogP contribution in [-0.4, -0.2) is 18.9 Å². The molecule has 0 atom stereocenters. The van der Waals surface area contributed by atoms with Gasteiger partial charge in [-0.2, -0.15) is 0 Å². The van der Waals surface area contributed by atoms with E-state index >= 15 is 0 Å². The highest BCUT2D eigenvalue weighted by Crippen LogP contribution is 2.20. The van der Waals surface area contributed by atoms with E-state index in [1.807, 2.05) is 6.07 Å². The lowest BCUT2D eigenvalue weighted by Crippen LogP contribution is -2.19. The van der Waals surface area contributed by atoms with Crippen LogP contribution in [0.5, 0.6) is 5.75 Å². The lowest BCUT2D eigenvalue weighted by molar-refractivity contribution is 0.261. The lowest BCUT2D eigenvalue weighted by Gasteiger charge is -2.10. The largest absolute Gasteiger partial charge is 0.496 e. The highest BCUT2D eigenvalue weighted by Gasteiger charge is 2.04. The molecule has 16 heavy (non-hydrogen) atoms. The zero-order chi connectivity index (χ0) is 12.0. The first-order valence-electron chi connectivity index (χ1n) is 5.30. The average Bonchev–Trinajstić information content (AvgIpc) is 2.28. The lowest BCUT2D eigenvalue weighted by atomic mass is 10.1. The van der Waals surface area contributed by atoms with E-state index in [-0.39, 0.29) is 5.24 Å². The smallest absolute Gasteiger partial charge is 0.275 e. The molecule has 1 aromatic carbocycles. The Bertz CT molecular complexity index is 366. The molecule has 0 aliphatic heterocycles. The summed E-state index contributed by atoms with van der Waals surface area (Å²) in [5.41, 5.74) is 2.39. The van der Waals surface area contributed by atoms with E-state index in [9.17, 15) is 4.79 Å². The fourth-order valence-corrected chi connectivity index (χ4v) is 1.66. The molecule has 0 heterocycles. The van der Waals surface area contributed by atoms with Gasteiger partial charge in [0.05, 0.1) is 7.11 Å². The number of amides is 1. The Balaban J connectivity index is 2.71. The third kappa shape index (κ3) is 3.77. The Morgan fingerprint density at radius 2 is 2.25 bits per heavy atom. The molecule has 0 aromatic heterocycles. The molecule has 88 valence electrons. The molecule has 0 aliphatic carbocycles. The third-order valence-electron chi connectivity index (χ3n) is 2.42. The number of benzene rings is 1. The molecule has 0 saturated carbocycles. The summed E-state index contributed by atoms with van der Waals surface area (Å²) in [6, 6.07) is 6.14. The number of hydrogen-bond acceptors (Lipinski definition) is 2. The molecule has 0 spiro atoms. The van der Waals surface area contributed by atoms with Gasteiger partial charge in [-0.05, 0) is 30.0 Å². The number of thiol groups is 1. The predicted octanol–water partition coefficient (Wildman–Crippen LogP) is 2.44. The van der Waals surface area contributed by atoms with Crippen LogP contribution < -0.4 is 10.1 Å². The number of methoxy groups -OCH3 is 1. The van der Waals surface area contributed by atoms with Crippen molar-refractivity contribution in [2.24, 2.45) is 0 Å². The zero-order valence-electron chi connectivity index (χ0n) is 9.62. The molecule has 0 fully saturated rings. The molecular weight excluding hydrogens is 222 g/mol. The summed E-state index contributed by atoms with van der Waals surface area (Å²) in [5.74, 6) is 0.866. The second kappa shape index (κ2) is 6.43. The summed E-state index contributed by atoms with van der Waals surface area (Å²) < 4.78 is 5.27. The maximum absolute atomic E-state index is 10.6. The van der Waals surface area contributed by atoms with Crippen molar-refractivity contribution in [3.63, 3.8) is 0 Å². The number of carbonyl (C=O) groups excluding carboxylic acids is 1. The van der Waals surface area contributed by atoms with Crippen LogP contribution >= 0.6 is 12.6 Å². The standard InChI is InChI=1S/C12H17NO2S/c1-3-9-4-5-11(15-2)10(8-9)6-7-13-12(14)16/h4-5,8H,3,6-7H2,1-2H3,(H2,13,14,16). The molecule has 0 unspecified atom stereocenters. The third-order valence-corrected chi connectivity index (χ3v) is 2.58. The summed E-state index contributed by atoms with van der Waals surface area (Å²) in [7, 11) is 1.65. The van der Waals surface area contributed by atoms with E-state index in [1.54, 1.807) is 7.11 Å². The molecule has 1 rings (SSSR count). The molecule has 0 saturated heterocycles. The second-order valence-corrected chi connectivity index (χ2v) is 3.89. The van der Waals surface area contributed by atoms with Gasteiger partial charge in [-0.3, -0.25) is 4.79 Å². The van der Waals surface area contributed by atoms with Crippen molar-refractivity contribution in [1.82, 2.24) is 5.32 Å². The summed E-state index contributed by atoms with van der Waals surface area (Å²) in [6.07, 6.45) is 1.75. The fraction of sp³-hybridized carbons (Fsp3) is 0.417. The molecule has 0 aliphatic rings. The maximum atomic E-state index is 10.6. The van der Waals surface area contributed by atoms with Gasteiger partial charge in [0.2, 0.25) is 0 Å². The van der Waals surface area contributed by atoms with Crippen molar-refractivity contribution in [1.29, 1.82) is 0 Å². The quantitative estimate of drug-likeness (QED) is 0.775. The van der Waals surface area contributed by atoms with Gasteiger partial charge in [-0.15, -0.1) is 0 Å². The molecule has 1 aromatic rings. The predicted molar refractivity (Wildman–Crippen MR) is 68.5 cm³/mol. The fourth-order valence-electron chi connectivity index (χ4n) is 1.55. The van der Waals surface area contributed by atoms with Crippen LogP contribution in [0.4, 0.5) is 4.79 Å². The van der Waals surface area contributed by atoms with Gasteiger partial charge in [-0.1, -0.05) is 31.7 Å². The van der Waals surface area contributed by atoms with Crippen LogP contribution in [0, 0.1) is 0 Å². The number of hydrogen-bond donors (Lipinski definition) is 2. The van der Waals surface area contributed by atoms with E-state index in [1.165, 1.54) is 5.56 Å². The number of carbonyl (C=O) groups is 1. The van der Waals surface area contributed by atoms with Gasteiger partial charge in [0, 0.05) is 6.54 Å². The van der Waals surface area contributed by atoms with Gasteiger partial charge >= 0.3 is 0 Å². The first kappa shape index (κ1) is 12.9. The van der Waals surface area contributed by atoms with Gasteiger partial charge in [0.1, 0.15) is 5.75 Å².